The summed E-state index contributed by atoms with van der Waals surface area (Å²) in [5.41, 5.74) is 6.89. The molecule has 0 aliphatic rings. The lowest BCUT2D eigenvalue weighted by Crippen LogP contribution is -1.94. The van der Waals surface area contributed by atoms with Crippen molar-refractivity contribution in [1.29, 1.82) is 5.26 Å². The largest absolute Gasteiger partial charge is 0.424 e. The van der Waals surface area contributed by atoms with Crippen LogP contribution < -0.4 is 10.5 Å². The highest BCUT2D eigenvalue weighted by Crippen LogP contribution is 2.18. The summed E-state index contributed by atoms with van der Waals surface area (Å²) in [4.78, 5) is 7.84. The Balaban J connectivity index is 2.09. The second-order valence-electron chi connectivity index (χ2n) is 3.38. The van der Waals surface area contributed by atoms with E-state index in [4.69, 9.17) is 15.7 Å². The molecular formula is C12H10N4O. The van der Waals surface area contributed by atoms with E-state index in [2.05, 4.69) is 16.0 Å². The van der Waals surface area contributed by atoms with Crippen molar-refractivity contribution >= 4 is 5.69 Å². The number of ether oxygens (including phenoxy) is 1. The molecule has 2 rings (SSSR count). The van der Waals surface area contributed by atoms with Crippen LogP contribution in [0.2, 0.25) is 0 Å². The normalized spacial score (nSPS) is 9.59. The van der Waals surface area contributed by atoms with Crippen molar-refractivity contribution in [2.75, 3.05) is 5.73 Å². The summed E-state index contributed by atoms with van der Waals surface area (Å²) in [5.74, 6) is 0.622. The summed E-state index contributed by atoms with van der Waals surface area (Å²) in [7, 11) is 0. The Labute approximate surface area is 98.5 Å². The molecule has 17 heavy (non-hydrogen) atoms. The molecule has 0 aliphatic carbocycles. The van der Waals surface area contributed by atoms with Gasteiger partial charge in [0, 0.05) is 0 Å². The van der Waals surface area contributed by atoms with Crippen molar-refractivity contribution in [1.82, 2.24) is 9.97 Å². The number of nitriles is 1. The first-order valence-corrected chi connectivity index (χ1v) is 4.99. The van der Waals surface area contributed by atoms with E-state index in [1.54, 1.807) is 12.1 Å². The van der Waals surface area contributed by atoms with Gasteiger partial charge >= 0.3 is 6.01 Å². The van der Waals surface area contributed by atoms with Gasteiger partial charge in [0.1, 0.15) is 5.75 Å². The van der Waals surface area contributed by atoms with Crippen LogP contribution in [0, 0.1) is 11.3 Å². The second-order valence-corrected chi connectivity index (χ2v) is 3.38. The van der Waals surface area contributed by atoms with E-state index >= 15 is 0 Å². The van der Waals surface area contributed by atoms with E-state index in [0.29, 0.717) is 17.9 Å². The first-order chi connectivity index (χ1) is 8.28. The Morgan fingerprint density at radius 2 is 1.82 bits per heavy atom. The molecule has 0 radical (unpaired) electrons. The number of rotatable bonds is 3. The molecule has 0 unspecified atom stereocenters. The van der Waals surface area contributed by atoms with Gasteiger partial charge < -0.3 is 10.5 Å². The lowest BCUT2D eigenvalue weighted by molar-refractivity contribution is 0.442. The van der Waals surface area contributed by atoms with Crippen molar-refractivity contribution in [3.8, 4) is 17.8 Å². The number of benzene rings is 1. The number of nitrogens with two attached hydrogens (primary N) is 1. The lowest BCUT2D eigenvalue weighted by Gasteiger charge is -2.03. The Bertz CT molecular complexity index is 528. The highest BCUT2D eigenvalue weighted by Gasteiger charge is 2.00. The zero-order valence-corrected chi connectivity index (χ0v) is 9.00. The molecule has 0 aliphatic heterocycles. The van der Waals surface area contributed by atoms with E-state index in [0.717, 1.165) is 5.56 Å². The van der Waals surface area contributed by atoms with E-state index < -0.39 is 0 Å². The number of hydrogen-bond donors (Lipinski definition) is 1. The molecule has 0 atom stereocenters. The van der Waals surface area contributed by atoms with Gasteiger partial charge in [0.2, 0.25) is 0 Å². The summed E-state index contributed by atoms with van der Waals surface area (Å²) in [6.07, 6.45) is 3.34. The van der Waals surface area contributed by atoms with Gasteiger partial charge in [0.05, 0.1) is 30.6 Å². The van der Waals surface area contributed by atoms with Gasteiger partial charge in [-0.2, -0.15) is 5.26 Å². The average molecular weight is 226 g/mol. The molecule has 1 aromatic carbocycles. The highest BCUT2D eigenvalue weighted by atomic mass is 16.5. The predicted molar refractivity (Wildman–Crippen MR) is 62.3 cm³/mol. The molecule has 0 saturated heterocycles. The van der Waals surface area contributed by atoms with Crippen molar-refractivity contribution in [2.45, 2.75) is 6.42 Å². The molecule has 0 bridgehead atoms. The third-order valence-electron chi connectivity index (χ3n) is 2.06. The van der Waals surface area contributed by atoms with Gasteiger partial charge in [-0.3, -0.25) is 0 Å². The molecule has 1 aromatic heterocycles. The molecule has 84 valence electrons. The smallest absolute Gasteiger partial charge is 0.322 e. The molecule has 1 heterocycles. The minimum atomic E-state index is 0.243. The van der Waals surface area contributed by atoms with Crippen LogP contribution >= 0.6 is 0 Å². The number of nitrogens with zero attached hydrogens (tertiary/aromatic N) is 3. The van der Waals surface area contributed by atoms with Gasteiger partial charge in [-0.1, -0.05) is 12.1 Å². The quantitative estimate of drug-likeness (QED) is 0.864. The summed E-state index contributed by atoms with van der Waals surface area (Å²) in [5, 5.41) is 8.54. The monoisotopic (exact) mass is 226 g/mol. The first kappa shape index (κ1) is 10.9. The maximum Gasteiger partial charge on any atom is 0.322 e. The summed E-state index contributed by atoms with van der Waals surface area (Å²) in [6, 6.07) is 9.52. The van der Waals surface area contributed by atoms with Crippen molar-refractivity contribution in [3.63, 3.8) is 0 Å². The second kappa shape index (κ2) is 4.94. The van der Waals surface area contributed by atoms with Crippen LogP contribution in [0.3, 0.4) is 0 Å². The van der Waals surface area contributed by atoms with Crippen LogP contribution in [0.15, 0.2) is 36.7 Å². The SMILES string of the molecule is N#CCc1ccc(Oc2ncc(N)cn2)cc1. The Hall–Kier alpha value is -2.61. The summed E-state index contributed by atoms with van der Waals surface area (Å²) < 4.78 is 5.41. The molecular weight excluding hydrogens is 216 g/mol. The molecule has 5 heteroatoms. The van der Waals surface area contributed by atoms with Gasteiger partial charge in [-0.15, -0.1) is 0 Å². The highest BCUT2D eigenvalue weighted by molar-refractivity contribution is 5.33. The number of hydrogen-bond acceptors (Lipinski definition) is 5. The lowest BCUT2D eigenvalue weighted by atomic mass is 10.2. The van der Waals surface area contributed by atoms with Crippen molar-refractivity contribution in [3.05, 3.63) is 42.2 Å². The minimum absolute atomic E-state index is 0.243. The van der Waals surface area contributed by atoms with Crippen molar-refractivity contribution in [2.24, 2.45) is 0 Å². The predicted octanol–water partition coefficient (Wildman–Crippen LogP) is 1.92. The van der Waals surface area contributed by atoms with E-state index in [1.807, 2.05) is 12.1 Å². The Kier molecular flexibility index (Phi) is 3.17. The van der Waals surface area contributed by atoms with E-state index in [9.17, 15) is 0 Å². The Morgan fingerprint density at radius 1 is 1.18 bits per heavy atom. The summed E-state index contributed by atoms with van der Waals surface area (Å²) in [6.45, 7) is 0. The zero-order valence-electron chi connectivity index (χ0n) is 9.00. The topological polar surface area (TPSA) is 84.8 Å². The van der Waals surface area contributed by atoms with Crippen LogP contribution in [-0.2, 0) is 6.42 Å². The van der Waals surface area contributed by atoms with Crippen LogP contribution in [-0.4, -0.2) is 9.97 Å². The van der Waals surface area contributed by atoms with E-state index in [-0.39, 0.29) is 6.01 Å². The van der Waals surface area contributed by atoms with Crippen LogP contribution in [0.25, 0.3) is 0 Å². The van der Waals surface area contributed by atoms with Gasteiger partial charge in [-0.05, 0) is 17.7 Å². The van der Waals surface area contributed by atoms with Gasteiger partial charge in [0.15, 0.2) is 0 Å². The molecule has 5 nitrogen and oxygen atoms in total. The van der Waals surface area contributed by atoms with Gasteiger partial charge in [0.25, 0.3) is 0 Å². The molecule has 0 amide bonds. The number of aromatic nitrogens is 2. The standard InChI is InChI=1S/C12H10N4O/c13-6-5-9-1-3-11(4-2-9)17-12-15-7-10(14)8-16-12/h1-4,7-8H,5,14H2. The van der Waals surface area contributed by atoms with Crippen LogP contribution in [0.4, 0.5) is 5.69 Å². The third-order valence-corrected chi connectivity index (χ3v) is 2.06. The fourth-order valence-electron chi connectivity index (χ4n) is 1.25. The molecule has 0 saturated carbocycles. The number of nitrogen functional groups attached to an aromatic ring is 1. The molecule has 2 aromatic rings. The molecule has 2 N–H and O–H groups in total. The molecule has 0 fully saturated rings. The van der Waals surface area contributed by atoms with Crippen LogP contribution in [0.1, 0.15) is 5.56 Å². The van der Waals surface area contributed by atoms with Gasteiger partial charge in [-0.25, -0.2) is 9.97 Å². The molecule has 0 spiro atoms. The maximum absolute atomic E-state index is 8.54. The first-order valence-electron chi connectivity index (χ1n) is 4.99. The average Bonchev–Trinajstić information content (AvgIpc) is 2.35. The zero-order chi connectivity index (χ0) is 12.1. The Morgan fingerprint density at radius 3 is 2.41 bits per heavy atom. The third kappa shape index (κ3) is 2.92. The fourth-order valence-corrected chi connectivity index (χ4v) is 1.25. The maximum atomic E-state index is 8.54. The minimum Gasteiger partial charge on any atom is -0.424 e. The fraction of sp³-hybridized carbons (Fsp3) is 0.0833. The van der Waals surface area contributed by atoms with E-state index in [1.165, 1.54) is 12.4 Å². The number of anilines is 1. The van der Waals surface area contributed by atoms with Crippen LogP contribution in [0.5, 0.6) is 11.8 Å². The summed E-state index contributed by atoms with van der Waals surface area (Å²) >= 11 is 0. The van der Waals surface area contributed by atoms with Crippen molar-refractivity contribution < 1.29 is 4.74 Å².